The van der Waals surface area contributed by atoms with Crippen LogP contribution < -0.4 is 9.47 Å². The Morgan fingerprint density at radius 1 is 0.742 bits per heavy atom. The van der Waals surface area contributed by atoms with Gasteiger partial charge in [0.05, 0.1) is 19.4 Å². The maximum absolute atomic E-state index is 6.15. The van der Waals surface area contributed by atoms with E-state index in [0.717, 1.165) is 48.7 Å². The van der Waals surface area contributed by atoms with Crippen LogP contribution >= 0.6 is 0 Å². The Balaban J connectivity index is 1.83. The van der Waals surface area contributed by atoms with E-state index >= 15 is 0 Å². The first kappa shape index (κ1) is 25.2. The molecule has 2 aromatic rings. The van der Waals surface area contributed by atoms with Crippen molar-refractivity contribution in [3.05, 3.63) is 42.7 Å². The minimum atomic E-state index is 0.684. The zero-order chi connectivity index (χ0) is 22.2. The second-order valence-corrected chi connectivity index (χ2v) is 8.70. The van der Waals surface area contributed by atoms with Gasteiger partial charge in [-0.2, -0.15) is 0 Å². The highest BCUT2D eigenvalue weighted by atomic mass is 16.5. The zero-order valence-electron chi connectivity index (χ0n) is 20.1. The SMILES string of the molecule is CCCCCCCCCCCOc1cnccc1-c1ccccc1OCCC(C)CC. The van der Waals surface area contributed by atoms with E-state index in [2.05, 4.69) is 44.0 Å². The van der Waals surface area contributed by atoms with E-state index in [1.807, 2.05) is 24.5 Å². The first-order chi connectivity index (χ1) is 15.3. The van der Waals surface area contributed by atoms with Crippen molar-refractivity contribution in [2.75, 3.05) is 13.2 Å². The lowest BCUT2D eigenvalue weighted by atomic mass is 10.0. The van der Waals surface area contributed by atoms with E-state index in [1.165, 1.54) is 57.8 Å². The van der Waals surface area contributed by atoms with Crippen molar-refractivity contribution < 1.29 is 9.47 Å². The van der Waals surface area contributed by atoms with Crippen molar-refractivity contribution in [1.82, 2.24) is 4.98 Å². The number of hydrogen-bond acceptors (Lipinski definition) is 3. The van der Waals surface area contributed by atoms with Crippen LogP contribution in [0.25, 0.3) is 11.1 Å². The summed E-state index contributed by atoms with van der Waals surface area (Å²) in [5, 5.41) is 0. The smallest absolute Gasteiger partial charge is 0.145 e. The molecule has 0 aliphatic rings. The molecule has 0 bridgehead atoms. The fraction of sp³-hybridized carbons (Fsp3) is 0.607. The molecule has 0 spiro atoms. The topological polar surface area (TPSA) is 31.4 Å². The summed E-state index contributed by atoms with van der Waals surface area (Å²) in [6.07, 6.45) is 17.8. The molecule has 0 aliphatic carbocycles. The molecule has 31 heavy (non-hydrogen) atoms. The summed E-state index contributed by atoms with van der Waals surface area (Å²) in [5.74, 6) is 2.45. The molecule has 1 atom stereocenters. The van der Waals surface area contributed by atoms with Crippen LogP contribution in [0.1, 0.15) is 91.4 Å². The molecule has 172 valence electrons. The summed E-state index contributed by atoms with van der Waals surface area (Å²) >= 11 is 0. The van der Waals surface area contributed by atoms with Crippen LogP contribution in [0.4, 0.5) is 0 Å². The number of benzene rings is 1. The Labute approximate surface area is 190 Å². The van der Waals surface area contributed by atoms with Gasteiger partial charge < -0.3 is 9.47 Å². The molecular formula is C28H43NO2. The number of ether oxygens (including phenoxy) is 2. The second-order valence-electron chi connectivity index (χ2n) is 8.70. The lowest BCUT2D eigenvalue weighted by molar-refractivity contribution is 0.282. The summed E-state index contributed by atoms with van der Waals surface area (Å²) < 4.78 is 12.3. The second kappa shape index (κ2) is 15.7. The Bertz CT molecular complexity index is 716. The summed E-state index contributed by atoms with van der Waals surface area (Å²) in [4.78, 5) is 4.29. The molecule has 3 heteroatoms. The van der Waals surface area contributed by atoms with Gasteiger partial charge in [0.25, 0.3) is 0 Å². The van der Waals surface area contributed by atoms with Crippen molar-refractivity contribution in [2.45, 2.75) is 91.4 Å². The lowest BCUT2D eigenvalue weighted by Crippen LogP contribution is -2.04. The standard InChI is InChI=1S/C28H43NO2/c1-4-6-7-8-9-10-11-12-15-21-30-28-23-29-20-18-26(28)25-16-13-14-17-27(25)31-22-19-24(3)5-2/h13-14,16-18,20,23-24H,4-12,15,19,21-22H2,1-3H3. The normalized spacial score (nSPS) is 12.0. The average molecular weight is 426 g/mol. The summed E-state index contributed by atoms with van der Waals surface area (Å²) in [6.45, 7) is 8.26. The minimum absolute atomic E-state index is 0.684. The quantitative estimate of drug-likeness (QED) is 0.238. The molecule has 1 aromatic carbocycles. The van der Waals surface area contributed by atoms with Crippen LogP contribution in [0.15, 0.2) is 42.7 Å². The van der Waals surface area contributed by atoms with E-state index in [-0.39, 0.29) is 0 Å². The first-order valence-electron chi connectivity index (χ1n) is 12.5. The number of nitrogens with zero attached hydrogens (tertiary/aromatic N) is 1. The molecule has 0 saturated heterocycles. The van der Waals surface area contributed by atoms with Crippen LogP contribution in [0.3, 0.4) is 0 Å². The Hall–Kier alpha value is -2.03. The summed E-state index contributed by atoms with van der Waals surface area (Å²) in [7, 11) is 0. The number of aromatic nitrogens is 1. The van der Waals surface area contributed by atoms with E-state index in [1.54, 1.807) is 0 Å². The molecule has 0 aliphatic heterocycles. The average Bonchev–Trinajstić information content (AvgIpc) is 2.81. The number of unbranched alkanes of at least 4 members (excludes halogenated alkanes) is 8. The highest BCUT2D eigenvalue weighted by molar-refractivity contribution is 5.75. The van der Waals surface area contributed by atoms with Gasteiger partial charge in [-0.3, -0.25) is 4.98 Å². The fourth-order valence-electron chi connectivity index (χ4n) is 3.70. The van der Waals surface area contributed by atoms with Gasteiger partial charge in [-0.25, -0.2) is 0 Å². The zero-order valence-corrected chi connectivity index (χ0v) is 20.1. The molecule has 2 rings (SSSR count). The summed E-state index contributed by atoms with van der Waals surface area (Å²) in [5.41, 5.74) is 2.14. The van der Waals surface area contributed by atoms with Crippen LogP contribution in [0.5, 0.6) is 11.5 Å². The predicted molar refractivity (Wildman–Crippen MR) is 132 cm³/mol. The molecule has 0 fully saturated rings. The van der Waals surface area contributed by atoms with Gasteiger partial charge in [-0.15, -0.1) is 0 Å². The van der Waals surface area contributed by atoms with Crippen molar-refractivity contribution in [1.29, 1.82) is 0 Å². The third-order valence-electron chi connectivity index (χ3n) is 6.03. The Morgan fingerprint density at radius 2 is 1.39 bits per heavy atom. The molecule has 0 amide bonds. The van der Waals surface area contributed by atoms with E-state index in [0.29, 0.717) is 5.92 Å². The van der Waals surface area contributed by atoms with Gasteiger partial charge >= 0.3 is 0 Å². The third-order valence-corrected chi connectivity index (χ3v) is 6.03. The number of rotatable bonds is 17. The van der Waals surface area contributed by atoms with E-state index in [9.17, 15) is 0 Å². The molecular weight excluding hydrogens is 382 g/mol. The minimum Gasteiger partial charge on any atom is -0.493 e. The van der Waals surface area contributed by atoms with Crippen LogP contribution in [0.2, 0.25) is 0 Å². The van der Waals surface area contributed by atoms with Gasteiger partial charge in [0.2, 0.25) is 0 Å². The van der Waals surface area contributed by atoms with Gasteiger partial charge in [0.15, 0.2) is 0 Å². The molecule has 3 nitrogen and oxygen atoms in total. The van der Waals surface area contributed by atoms with E-state index in [4.69, 9.17) is 9.47 Å². The van der Waals surface area contributed by atoms with Crippen LogP contribution in [-0.4, -0.2) is 18.2 Å². The fourth-order valence-corrected chi connectivity index (χ4v) is 3.70. The van der Waals surface area contributed by atoms with Crippen LogP contribution in [-0.2, 0) is 0 Å². The van der Waals surface area contributed by atoms with Gasteiger partial charge in [-0.1, -0.05) is 96.8 Å². The molecule has 0 saturated carbocycles. The lowest BCUT2D eigenvalue weighted by Gasteiger charge is -2.16. The molecule has 1 unspecified atom stereocenters. The molecule has 0 N–H and O–H groups in total. The number of para-hydroxylation sites is 1. The predicted octanol–water partition coefficient (Wildman–Crippen LogP) is 8.47. The third kappa shape index (κ3) is 9.76. The van der Waals surface area contributed by atoms with E-state index < -0.39 is 0 Å². The summed E-state index contributed by atoms with van der Waals surface area (Å²) in [6, 6.07) is 10.3. The van der Waals surface area contributed by atoms with Crippen molar-refractivity contribution >= 4 is 0 Å². The number of pyridine rings is 1. The molecule has 1 aromatic heterocycles. The van der Waals surface area contributed by atoms with Crippen LogP contribution in [0, 0.1) is 5.92 Å². The highest BCUT2D eigenvalue weighted by Crippen LogP contribution is 2.36. The Morgan fingerprint density at radius 3 is 2.13 bits per heavy atom. The Kier molecular flexibility index (Phi) is 12.8. The highest BCUT2D eigenvalue weighted by Gasteiger charge is 2.12. The largest absolute Gasteiger partial charge is 0.493 e. The van der Waals surface area contributed by atoms with Gasteiger partial charge in [0, 0.05) is 17.3 Å². The molecule has 1 heterocycles. The van der Waals surface area contributed by atoms with Crippen molar-refractivity contribution in [2.24, 2.45) is 5.92 Å². The van der Waals surface area contributed by atoms with Gasteiger partial charge in [0.1, 0.15) is 11.5 Å². The number of hydrogen-bond donors (Lipinski definition) is 0. The molecule has 0 radical (unpaired) electrons. The first-order valence-corrected chi connectivity index (χ1v) is 12.5. The maximum atomic E-state index is 6.15. The monoisotopic (exact) mass is 425 g/mol. The van der Waals surface area contributed by atoms with Gasteiger partial charge in [-0.05, 0) is 30.9 Å². The maximum Gasteiger partial charge on any atom is 0.145 e. The van der Waals surface area contributed by atoms with Crippen molar-refractivity contribution in [3.63, 3.8) is 0 Å². The van der Waals surface area contributed by atoms with Crippen molar-refractivity contribution in [3.8, 4) is 22.6 Å².